The number of rotatable bonds is 9. The molecule has 1 amide bonds. The summed E-state index contributed by atoms with van der Waals surface area (Å²) >= 11 is 0. The predicted octanol–water partition coefficient (Wildman–Crippen LogP) is 0.759. The van der Waals surface area contributed by atoms with Gasteiger partial charge in [-0.2, -0.15) is 0 Å². The van der Waals surface area contributed by atoms with E-state index >= 15 is 0 Å². The van der Waals surface area contributed by atoms with Gasteiger partial charge in [-0.15, -0.1) is 0 Å². The first-order valence-corrected chi connectivity index (χ1v) is 6.91. The van der Waals surface area contributed by atoms with Gasteiger partial charge < -0.3 is 20.3 Å². The van der Waals surface area contributed by atoms with Gasteiger partial charge in [-0.05, 0) is 26.2 Å². The summed E-state index contributed by atoms with van der Waals surface area (Å²) in [6.07, 6.45) is 0.636. The first kappa shape index (κ1) is 19.4. The van der Waals surface area contributed by atoms with Crippen molar-refractivity contribution in [2.75, 3.05) is 13.8 Å². The van der Waals surface area contributed by atoms with Crippen molar-refractivity contribution in [1.82, 2.24) is 5.32 Å². The molecule has 0 aromatic rings. The molecular formula is C14H25NO6. The lowest BCUT2D eigenvalue weighted by molar-refractivity contribution is -0.155. The van der Waals surface area contributed by atoms with Gasteiger partial charge in [-0.25, -0.2) is 0 Å². The molecule has 0 aliphatic heterocycles. The van der Waals surface area contributed by atoms with Crippen LogP contribution in [0.5, 0.6) is 0 Å². The third kappa shape index (κ3) is 5.71. The number of carboxylic acids is 1. The summed E-state index contributed by atoms with van der Waals surface area (Å²) in [7, 11) is 1.27. The minimum absolute atomic E-state index is 0.0910. The van der Waals surface area contributed by atoms with Gasteiger partial charge in [0.25, 0.3) is 0 Å². The van der Waals surface area contributed by atoms with Crippen molar-refractivity contribution in [3.63, 3.8) is 0 Å². The molecule has 0 aliphatic carbocycles. The Balaban J connectivity index is 4.95. The number of carbonyl (C=O) groups excluding carboxylic acids is 2. The highest BCUT2D eigenvalue weighted by Crippen LogP contribution is 2.34. The van der Waals surface area contributed by atoms with Crippen LogP contribution in [0.15, 0.2) is 0 Å². The minimum atomic E-state index is -1.05. The van der Waals surface area contributed by atoms with Crippen molar-refractivity contribution < 1.29 is 29.3 Å². The molecule has 3 unspecified atom stereocenters. The molecular weight excluding hydrogens is 278 g/mol. The fourth-order valence-electron chi connectivity index (χ4n) is 2.22. The summed E-state index contributed by atoms with van der Waals surface area (Å²) in [6, 6.07) is 0. The van der Waals surface area contributed by atoms with E-state index in [1.807, 2.05) is 0 Å². The zero-order valence-electron chi connectivity index (χ0n) is 13.0. The van der Waals surface area contributed by atoms with E-state index in [0.29, 0.717) is 6.42 Å². The Bertz CT molecular complexity index is 384. The Kier molecular flexibility index (Phi) is 7.94. The molecule has 0 aromatic heterocycles. The van der Waals surface area contributed by atoms with Crippen LogP contribution in [0.2, 0.25) is 0 Å². The molecule has 21 heavy (non-hydrogen) atoms. The Morgan fingerprint density at radius 1 is 1.33 bits per heavy atom. The van der Waals surface area contributed by atoms with Crippen molar-refractivity contribution in [2.45, 2.75) is 40.0 Å². The van der Waals surface area contributed by atoms with Gasteiger partial charge in [-0.1, -0.05) is 13.8 Å². The van der Waals surface area contributed by atoms with Gasteiger partial charge in [0.1, 0.15) is 6.73 Å². The molecule has 3 atom stereocenters. The number of hydrogen-bond acceptors (Lipinski definition) is 5. The van der Waals surface area contributed by atoms with Crippen LogP contribution in [0.1, 0.15) is 40.0 Å². The minimum Gasteiger partial charge on any atom is -0.481 e. The Hall–Kier alpha value is -1.63. The van der Waals surface area contributed by atoms with E-state index in [0.717, 1.165) is 0 Å². The Labute approximate surface area is 124 Å². The van der Waals surface area contributed by atoms with E-state index in [2.05, 4.69) is 5.32 Å². The van der Waals surface area contributed by atoms with Crippen molar-refractivity contribution >= 4 is 17.8 Å². The van der Waals surface area contributed by atoms with E-state index in [1.54, 1.807) is 20.8 Å². The van der Waals surface area contributed by atoms with E-state index in [-0.39, 0.29) is 12.8 Å². The van der Waals surface area contributed by atoms with E-state index in [9.17, 15) is 19.5 Å². The maximum absolute atomic E-state index is 11.8. The average molecular weight is 303 g/mol. The van der Waals surface area contributed by atoms with E-state index in [4.69, 9.17) is 9.84 Å². The molecule has 0 saturated carbocycles. The summed E-state index contributed by atoms with van der Waals surface area (Å²) in [5.74, 6) is -3.34. The summed E-state index contributed by atoms with van der Waals surface area (Å²) in [6.45, 7) is 4.54. The summed E-state index contributed by atoms with van der Waals surface area (Å²) < 4.78 is 4.73. The molecule has 3 N–H and O–H groups in total. The second-order valence-electron chi connectivity index (χ2n) is 5.48. The molecule has 7 heteroatoms. The molecule has 0 aliphatic rings. The molecule has 0 rings (SSSR count). The number of nitrogens with one attached hydrogen (secondary N) is 1. The number of ether oxygens (including phenoxy) is 1. The van der Waals surface area contributed by atoms with Crippen molar-refractivity contribution in [3.8, 4) is 0 Å². The van der Waals surface area contributed by atoms with Crippen LogP contribution in [0, 0.1) is 17.3 Å². The summed E-state index contributed by atoms with van der Waals surface area (Å²) in [5, 5.41) is 20.2. The molecule has 0 fully saturated rings. The van der Waals surface area contributed by atoms with Gasteiger partial charge in [0.2, 0.25) is 5.91 Å². The monoisotopic (exact) mass is 303 g/mol. The van der Waals surface area contributed by atoms with Gasteiger partial charge >= 0.3 is 11.9 Å². The van der Waals surface area contributed by atoms with Crippen LogP contribution in [-0.2, 0) is 19.1 Å². The summed E-state index contributed by atoms with van der Waals surface area (Å²) in [5.41, 5.74) is -0.898. The van der Waals surface area contributed by atoms with Crippen molar-refractivity contribution in [3.05, 3.63) is 0 Å². The number of aliphatic carboxylic acids is 1. The van der Waals surface area contributed by atoms with Gasteiger partial charge in [0.15, 0.2) is 0 Å². The zero-order chi connectivity index (χ0) is 16.6. The smallest absolute Gasteiger partial charge is 0.311 e. The van der Waals surface area contributed by atoms with Crippen molar-refractivity contribution in [1.29, 1.82) is 0 Å². The normalized spacial score (nSPS) is 16.4. The van der Waals surface area contributed by atoms with Crippen LogP contribution in [0.25, 0.3) is 0 Å². The molecule has 0 radical (unpaired) electrons. The average Bonchev–Trinajstić information content (AvgIpc) is 2.45. The largest absolute Gasteiger partial charge is 0.481 e. The van der Waals surface area contributed by atoms with Gasteiger partial charge in [-0.3, -0.25) is 14.4 Å². The molecule has 0 saturated heterocycles. The lowest BCUT2D eigenvalue weighted by Crippen LogP contribution is -2.36. The first-order valence-electron chi connectivity index (χ1n) is 6.91. The number of carbonyl (C=O) groups is 3. The van der Waals surface area contributed by atoms with E-state index < -0.39 is 41.8 Å². The molecule has 0 aromatic carbocycles. The number of amides is 1. The molecule has 0 bridgehead atoms. The highest BCUT2D eigenvalue weighted by atomic mass is 16.5. The lowest BCUT2D eigenvalue weighted by Gasteiger charge is -2.29. The number of methoxy groups -OCH3 is 1. The maximum Gasteiger partial charge on any atom is 0.311 e. The highest BCUT2D eigenvalue weighted by molar-refractivity contribution is 5.80. The zero-order valence-corrected chi connectivity index (χ0v) is 13.0. The van der Waals surface area contributed by atoms with E-state index in [1.165, 1.54) is 7.11 Å². The quantitative estimate of drug-likeness (QED) is 0.428. The standard InChI is InChI=1S/C14H25NO6/c1-5-14(3,13(20)21-4)7-10(12(18)19)6-9(2)11(17)15-8-16/h9-10,16H,5-8H2,1-4H3,(H,15,17)(H,18,19). The number of aliphatic hydroxyl groups is 1. The number of carboxylic acid groups (broad SMARTS) is 1. The van der Waals surface area contributed by atoms with Crippen LogP contribution in [0.3, 0.4) is 0 Å². The molecule has 0 heterocycles. The number of aliphatic hydroxyl groups excluding tert-OH is 1. The fraction of sp³-hybridized carbons (Fsp3) is 0.786. The van der Waals surface area contributed by atoms with Crippen LogP contribution in [-0.4, -0.2) is 41.9 Å². The third-order valence-corrected chi connectivity index (χ3v) is 3.84. The highest BCUT2D eigenvalue weighted by Gasteiger charge is 2.38. The first-order chi connectivity index (χ1) is 9.71. The van der Waals surface area contributed by atoms with Gasteiger partial charge in [0.05, 0.1) is 18.4 Å². The number of hydrogen-bond donors (Lipinski definition) is 3. The van der Waals surface area contributed by atoms with Gasteiger partial charge in [0, 0.05) is 5.92 Å². The predicted molar refractivity (Wildman–Crippen MR) is 75.2 cm³/mol. The van der Waals surface area contributed by atoms with Crippen LogP contribution < -0.4 is 5.32 Å². The molecule has 7 nitrogen and oxygen atoms in total. The Morgan fingerprint density at radius 2 is 1.90 bits per heavy atom. The molecule has 0 spiro atoms. The number of esters is 1. The van der Waals surface area contributed by atoms with Crippen LogP contribution in [0.4, 0.5) is 0 Å². The molecule has 122 valence electrons. The fourth-order valence-corrected chi connectivity index (χ4v) is 2.22. The topological polar surface area (TPSA) is 113 Å². The van der Waals surface area contributed by atoms with Crippen molar-refractivity contribution in [2.24, 2.45) is 17.3 Å². The maximum atomic E-state index is 11.8. The second-order valence-corrected chi connectivity index (χ2v) is 5.48. The third-order valence-electron chi connectivity index (χ3n) is 3.84. The lowest BCUT2D eigenvalue weighted by atomic mass is 9.76. The Morgan fingerprint density at radius 3 is 2.29 bits per heavy atom. The SMILES string of the molecule is CCC(C)(CC(CC(C)C(=O)NCO)C(=O)O)C(=O)OC. The summed E-state index contributed by atoms with van der Waals surface area (Å²) in [4.78, 5) is 34.8. The van der Waals surface area contributed by atoms with Crippen LogP contribution >= 0.6 is 0 Å². The second kappa shape index (κ2) is 8.61.